The number of ether oxygens (including phenoxy) is 3. The normalized spacial score (nSPS) is 10.9. The van der Waals surface area contributed by atoms with E-state index in [2.05, 4.69) is 13.8 Å². The first-order valence-corrected chi connectivity index (χ1v) is 10.5. The summed E-state index contributed by atoms with van der Waals surface area (Å²) < 4.78 is 16.7. The highest BCUT2D eigenvalue weighted by Crippen LogP contribution is 2.45. The molecule has 0 saturated carbocycles. The van der Waals surface area contributed by atoms with E-state index in [9.17, 15) is 0 Å². The van der Waals surface area contributed by atoms with Gasteiger partial charge in [-0.15, -0.1) is 0 Å². The molecule has 23 heavy (non-hydrogen) atoms. The summed E-state index contributed by atoms with van der Waals surface area (Å²) in [4.78, 5) is 0. The minimum atomic E-state index is -0.255. The zero-order valence-corrected chi connectivity index (χ0v) is 16.4. The Kier molecular flexibility index (Phi) is 10.1. The Balaban J connectivity index is 3.09. The van der Waals surface area contributed by atoms with Crippen LogP contribution >= 0.6 is 7.92 Å². The fourth-order valence-electron chi connectivity index (χ4n) is 2.74. The van der Waals surface area contributed by atoms with Gasteiger partial charge in [-0.2, -0.15) is 0 Å². The van der Waals surface area contributed by atoms with Gasteiger partial charge in [-0.05, 0) is 25.2 Å². The molecule has 0 radical (unpaired) electrons. The van der Waals surface area contributed by atoms with Gasteiger partial charge in [0, 0.05) is 12.1 Å². The van der Waals surface area contributed by atoms with Crippen LogP contribution in [0.3, 0.4) is 0 Å². The molecule has 1 aromatic rings. The Labute approximate surface area is 143 Å². The zero-order valence-electron chi connectivity index (χ0n) is 15.5. The molecule has 0 bridgehead atoms. The van der Waals surface area contributed by atoms with Crippen molar-refractivity contribution in [1.29, 1.82) is 0 Å². The zero-order chi connectivity index (χ0) is 17.1. The highest BCUT2D eigenvalue weighted by molar-refractivity contribution is 7.66. The van der Waals surface area contributed by atoms with Crippen LogP contribution in [0.4, 0.5) is 0 Å². The smallest absolute Gasteiger partial charge is 0.133 e. The molecule has 4 heteroatoms. The Hall–Kier alpha value is -0.950. The average Bonchev–Trinajstić information content (AvgIpc) is 2.59. The van der Waals surface area contributed by atoms with Gasteiger partial charge in [0.1, 0.15) is 17.2 Å². The van der Waals surface area contributed by atoms with Crippen LogP contribution in [-0.2, 0) is 0 Å². The molecule has 1 aromatic carbocycles. The summed E-state index contributed by atoms with van der Waals surface area (Å²) in [6.07, 6.45) is 10.2. The van der Waals surface area contributed by atoms with Crippen molar-refractivity contribution in [3.05, 3.63) is 12.1 Å². The summed E-state index contributed by atoms with van der Waals surface area (Å²) in [6, 6.07) is 3.99. The van der Waals surface area contributed by atoms with Crippen molar-refractivity contribution >= 4 is 13.2 Å². The van der Waals surface area contributed by atoms with Crippen molar-refractivity contribution in [3.8, 4) is 17.2 Å². The van der Waals surface area contributed by atoms with Gasteiger partial charge in [0.25, 0.3) is 0 Å². The lowest BCUT2D eigenvalue weighted by Crippen LogP contribution is -2.14. The fourth-order valence-corrected chi connectivity index (χ4v) is 5.56. The average molecular weight is 340 g/mol. The van der Waals surface area contributed by atoms with E-state index >= 15 is 0 Å². The van der Waals surface area contributed by atoms with Crippen LogP contribution in [0.5, 0.6) is 17.2 Å². The monoisotopic (exact) mass is 340 g/mol. The summed E-state index contributed by atoms with van der Waals surface area (Å²) in [6.45, 7) is 4.52. The second-order valence-electron chi connectivity index (χ2n) is 5.78. The van der Waals surface area contributed by atoms with Crippen LogP contribution in [0, 0.1) is 0 Å². The van der Waals surface area contributed by atoms with Crippen LogP contribution in [0.15, 0.2) is 12.1 Å². The summed E-state index contributed by atoms with van der Waals surface area (Å²) in [5, 5.41) is 1.28. The van der Waals surface area contributed by atoms with E-state index < -0.39 is 0 Å². The molecule has 0 unspecified atom stereocenters. The maximum Gasteiger partial charge on any atom is 0.133 e. The second kappa shape index (κ2) is 11.6. The first kappa shape index (κ1) is 20.1. The van der Waals surface area contributed by atoms with Crippen LogP contribution in [0.1, 0.15) is 52.4 Å². The molecule has 3 nitrogen and oxygen atoms in total. The van der Waals surface area contributed by atoms with Gasteiger partial charge in [-0.3, -0.25) is 0 Å². The van der Waals surface area contributed by atoms with Gasteiger partial charge < -0.3 is 14.2 Å². The van der Waals surface area contributed by atoms with E-state index in [0.29, 0.717) is 0 Å². The summed E-state index contributed by atoms with van der Waals surface area (Å²) in [7, 11) is 4.90. The molecule has 0 N–H and O–H groups in total. The van der Waals surface area contributed by atoms with Crippen molar-refractivity contribution in [2.75, 3.05) is 33.7 Å². The highest BCUT2D eigenvalue weighted by atomic mass is 31.1. The quantitative estimate of drug-likeness (QED) is 0.387. The molecule has 0 aliphatic heterocycles. The second-order valence-corrected chi connectivity index (χ2v) is 8.20. The van der Waals surface area contributed by atoms with Crippen LogP contribution in [-0.4, -0.2) is 33.7 Å². The lowest BCUT2D eigenvalue weighted by Gasteiger charge is -2.23. The van der Waals surface area contributed by atoms with Gasteiger partial charge in [-0.25, -0.2) is 0 Å². The van der Waals surface area contributed by atoms with E-state index in [4.69, 9.17) is 14.2 Å². The molecule has 0 saturated heterocycles. The molecule has 1 rings (SSSR count). The maximum absolute atomic E-state index is 5.68. The van der Waals surface area contributed by atoms with Gasteiger partial charge >= 0.3 is 0 Å². The predicted octanol–water partition coefficient (Wildman–Crippen LogP) is 5.20. The first-order chi connectivity index (χ1) is 11.2. The number of unbranched alkanes of at least 4 members (excludes halogenated alkanes) is 4. The number of hydrogen-bond acceptors (Lipinski definition) is 3. The van der Waals surface area contributed by atoms with E-state index in [0.717, 1.165) is 17.2 Å². The molecule has 0 aliphatic carbocycles. The minimum Gasteiger partial charge on any atom is -0.496 e. The van der Waals surface area contributed by atoms with Crippen LogP contribution in [0.25, 0.3) is 0 Å². The maximum atomic E-state index is 5.68. The van der Waals surface area contributed by atoms with Gasteiger partial charge in [0.05, 0.1) is 26.6 Å². The molecule has 0 heterocycles. The lowest BCUT2D eigenvalue weighted by molar-refractivity contribution is 0.380. The molecule has 0 aliphatic rings. The van der Waals surface area contributed by atoms with Crippen LogP contribution < -0.4 is 19.5 Å². The van der Waals surface area contributed by atoms with Gasteiger partial charge in [0.15, 0.2) is 0 Å². The molecular weight excluding hydrogens is 307 g/mol. The van der Waals surface area contributed by atoms with E-state index in [1.54, 1.807) is 21.3 Å². The lowest BCUT2D eigenvalue weighted by atomic mass is 10.3. The minimum absolute atomic E-state index is 0.255. The standard InChI is InChI=1S/C19H33O3P/c1-6-8-10-12-23(13-11-9-7-2)19-17(21-4)14-16(20-3)15-18(19)22-5/h14-15H,6-13H2,1-5H3. The van der Waals surface area contributed by atoms with Gasteiger partial charge in [-0.1, -0.05) is 47.5 Å². The third-order valence-electron chi connectivity index (χ3n) is 4.07. The van der Waals surface area contributed by atoms with Crippen molar-refractivity contribution < 1.29 is 14.2 Å². The van der Waals surface area contributed by atoms with Crippen molar-refractivity contribution in [1.82, 2.24) is 0 Å². The Morgan fingerprint density at radius 1 is 0.739 bits per heavy atom. The first-order valence-electron chi connectivity index (χ1n) is 8.76. The number of benzene rings is 1. The largest absolute Gasteiger partial charge is 0.496 e. The van der Waals surface area contributed by atoms with Crippen molar-refractivity contribution in [2.24, 2.45) is 0 Å². The molecular formula is C19H33O3P. The van der Waals surface area contributed by atoms with E-state index in [1.807, 2.05) is 12.1 Å². The van der Waals surface area contributed by atoms with Crippen molar-refractivity contribution in [3.63, 3.8) is 0 Å². The van der Waals surface area contributed by atoms with Crippen LogP contribution in [0.2, 0.25) is 0 Å². The third kappa shape index (κ3) is 6.22. The summed E-state index contributed by atoms with van der Waals surface area (Å²) in [5.74, 6) is 2.63. The molecule has 0 atom stereocenters. The van der Waals surface area contributed by atoms with Crippen molar-refractivity contribution in [2.45, 2.75) is 52.4 Å². The highest BCUT2D eigenvalue weighted by Gasteiger charge is 2.21. The van der Waals surface area contributed by atoms with Gasteiger partial charge in [0.2, 0.25) is 0 Å². The molecule has 0 fully saturated rings. The summed E-state index contributed by atoms with van der Waals surface area (Å²) >= 11 is 0. The molecule has 0 aromatic heterocycles. The van der Waals surface area contributed by atoms with E-state index in [1.165, 1.54) is 56.2 Å². The fraction of sp³-hybridized carbons (Fsp3) is 0.684. The SMILES string of the molecule is CCCCCP(CCCCC)c1c(OC)cc(OC)cc1OC. The Bertz CT molecular complexity index is 413. The third-order valence-corrected chi connectivity index (χ3v) is 6.85. The summed E-state index contributed by atoms with van der Waals surface area (Å²) in [5.41, 5.74) is 0. The Morgan fingerprint density at radius 2 is 1.22 bits per heavy atom. The predicted molar refractivity (Wildman–Crippen MR) is 101 cm³/mol. The molecule has 0 amide bonds. The molecule has 0 spiro atoms. The number of methoxy groups -OCH3 is 3. The topological polar surface area (TPSA) is 27.7 Å². The van der Waals surface area contributed by atoms with E-state index in [-0.39, 0.29) is 7.92 Å². The molecule has 132 valence electrons. The number of hydrogen-bond donors (Lipinski definition) is 0. The number of rotatable bonds is 12. The Morgan fingerprint density at radius 3 is 1.57 bits per heavy atom.